The first-order valence-corrected chi connectivity index (χ1v) is 5.16. The van der Waals surface area contributed by atoms with Gasteiger partial charge in [-0.2, -0.15) is 0 Å². The number of halogens is 1. The van der Waals surface area contributed by atoms with Gasteiger partial charge in [0.25, 0.3) is 0 Å². The van der Waals surface area contributed by atoms with Crippen molar-refractivity contribution < 1.29 is 8.81 Å². The maximum Gasteiger partial charge on any atom is 0.126 e. The van der Waals surface area contributed by atoms with E-state index < -0.39 is 0 Å². The molecule has 1 aromatic heterocycles. The van der Waals surface area contributed by atoms with Crippen molar-refractivity contribution in [2.24, 2.45) is 5.73 Å². The van der Waals surface area contributed by atoms with Crippen molar-refractivity contribution in [3.8, 4) is 0 Å². The predicted octanol–water partition coefficient (Wildman–Crippen LogP) is 3.08. The monoisotopic (exact) mass is 219 g/mol. The Bertz CT molecular complexity index is 504. The molecule has 0 aliphatic carbocycles. The van der Waals surface area contributed by atoms with Crippen LogP contribution in [0, 0.1) is 19.7 Å². The fraction of sp³-hybridized carbons (Fsp3) is 0.231. The van der Waals surface area contributed by atoms with Gasteiger partial charge in [-0.15, -0.1) is 0 Å². The summed E-state index contributed by atoms with van der Waals surface area (Å²) < 4.78 is 18.6. The van der Waals surface area contributed by atoms with Gasteiger partial charge in [0.1, 0.15) is 17.3 Å². The van der Waals surface area contributed by atoms with Crippen LogP contribution in [0.4, 0.5) is 4.39 Å². The van der Waals surface area contributed by atoms with Gasteiger partial charge in [-0.3, -0.25) is 0 Å². The molecule has 2 nitrogen and oxygen atoms in total. The molecule has 1 aromatic carbocycles. The number of benzene rings is 1. The van der Waals surface area contributed by atoms with Crippen LogP contribution in [0.5, 0.6) is 0 Å². The third kappa shape index (κ3) is 1.99. The van der Waals surface area contributed by atoms with Crippen LogP contribution in [0.15, 0.2) is 34.7 Å². The minimum Gasteiger partial charge on any atom is -0.464 e. The average molecular weight is 219 g/mol. The lowest BCUT2D eigenvalue weighted by atomic mass is 10.0. The van der Waals surface area contributed by atoms with Gasteiger partial charge in [0.2, 0.25) is 0 Å². The number of rotatable bonds is 2. The molecule has 0 radical (unpaired) electrons. The molecule has 0 bridgehead atoms. The predicted molar refractivity (Wildman–Crippen MR) is 60.6 cm³/mol. The molecule has 1 atom stereocenters. The Kier molecular flexibility index (Phi) is 2.79. The Morgan fingerprint density at radius 3 is 2.50 bits per heavy atom. The molecule has 0 amide bonds. The van der Waals surface area contributed by atoms with Crippen molar-refractivity contribution in [3.05, 3.63) is 58.8 Å². The largest absolute Gasteiger partial charge is 0.464 e. The standard InChI is InChI=1S/C13H14FNO/c1-8-7-10(4-5-11(8)14)13(15)12-6-3-9(2)16-12/h3-7,13H,15H2,1-2H3. The van der Waals surface area contributed by atoms with Crippen molar-refractivity contribution in [1.29, 1.82) is 0 Å². The topological polar surface area (TPSA) is 39.2 Å². The third-order valence-corrected chi connectivity index (χ3v) is 2.61. The maximum atomic E-state index is 13.1. The van der Waals surface area contributed by atoms with Crippen LogP contribution >= 0.6 is 0 Å². The second kappa shape index (κ2) is 4.10. The van der Waals surface area contributed by atoms with Crippen molar-refractivity contribution in [1.82, 2.24) is 0 Å². The molecular weight excluding hydrogens is 205 g/mol. The molecule has 16 heavy (non-hydrogen) atoms. The highest BCUT2D eigenvalue weighted by atomic mass is 19.1. The summed E-state index contributed by atoms with van der Waals surface area (Å²) in [5, 5.41) is 0. The number of aryl methyl sites for hydroxylation is 2. The van der Waals surface area contributed by atoms with E-state index in [4.69, 9.17) is 10.2 Å². The van der Waals surface area contributed by atoms with Crippen molar-refractivity contribution in [3.63, 3.8) is 0 Å². The van der Waals surface area contributed by atoms with Gasteiger partial charge in [-0.05, 0) is 43.2 Å². The number of nitrogens with two attached hydrogens (primary N) is 1. The highest BCUT2D eigenvalue weighted by Crippen LogP contribution is 2.23. The van der Waals surface area contributed by atoms with E-state index in [1.54, 1.807) is 19.1 Å². The van der Waals surface area contributed by atoms with Gasteiger partial charge in [-0.25, -0.2) is 4.39 Å². The van der Waals surface area contributed by atoms with Gasteiger partial charge < -0.3 is 10.2 Å². The van der Waals surface area contributed by atoms with Gasteiger partial charge in [-0.1, -0.05) is 12.1 Å². The zero-order valence-electron chi connectivity index (χ0n) is 9.33. The molecule has 0 aliphatic heterocycles. The lowest BCUT2D eigenvalue weighted by molar-refractivity contribution is 0.466. The van der Waals surface area contributed by atoms with Gasteiger partial charge in [0.15, 0.2) is 0 Å². The van der Waals surface area contributed by atoms with Gasteiger partial charge in [0, 0.05) is 0 Å². The first-order chi connectivity index (χ1) is 7.58. The highest BCUT2D eigenvalue weighted by Gasteiger charge is 2.13. The van der Waals surface area contributed by atoms with Gasteiger partial charge >= 0.3 is 0 Å². The lowest BCUT2D eigenvalue weighted by Crippen LogP contribution is -2.11. The van der Waals surface area contributed by atoms with E-state index in [2.05, 4.69) is 0 Å². The fourth-order valence-electron chi connectivity index (χ4n) is 1.65. The molecule has 2 rings (SSSR count). The first kappa shape index (κ1) is 10.9. The van der Waals surface area contributed by atoms with Crippen molar-refractivity contribution in [2.75, 3.05) is 0 Å². The van der Waals surface area contributed by atoms with Crippen molar-refractivity contribution >= 4 is 0 Å². The van der Waals surface area contributed by atoms with Gasteiger partial charge in [0.05, 0.1) is 6.04 Å². The zero-order chi connectivity index (χ0) is 11.7. The van der Waals surface area contributed by atoms with E-state index in [9.17, 15) is 4.39 Å². The molecule has 0 saturated carbocycles. The Morgan fingerprint density at radius 1 is 1.19 bits per heavy atom. The zero-order valence-corrected chi connectivity index (χ0v) is 9.33. The third-order valence-electron chi connectivity index (χ3n) is 2.61. The Morgan fingerprint density at radius 2 is 1.94 bits per heavy atom. The van der Waals surface area contributed by atoms with Crippen LogP contribution in [0.25, 0.3) is 0 Å². The lowest BCUT2D eigenvalue weighted by Gasteiger charge is -2.10. The minimum atomic E-state index is -0.340. The van der Waals surface area contributed by atoms with Crippen LogP contribution in [-0.2, 0) is 0 Å². The Hall–Kier alpha value is -1.61. The Balaban J connectivity index is 2.33. The number of hydrogen-bond donors (Lipinski definition) is 1. The molecule has 3 heteroatoms. The quantitative estimate of drug-likeness (QED) is 0.843. The number of hydrogen-bond acceptors (Lipinski definition) is 2. The molecule has 0 spiro atoms. The fourth-order valence-corrected chi connectivity index (χ4v) is 1.65. The summed E-state index contributed by atoms with van der Waals surface area (Å²) in [4.78, 5) is 0. The summed E-state index contributed by atoms with van der Waals surface area (Å²) in [6.07, 6.45) is 0. The summed E-state index contributed by atoms with van der Waals surface area (Å²) >= 11 is 0. The highest BCUT2D eigenvalue weighted by molar-refractivity contribution is 5.31. The van der Waals surface area contributed by atoms with Crippen LogP contribution in [0.2, 0.25) is 0 Å². The summed E-state index contributed by atoms with van der Waals surface area (Å²) in [6, 6.07) is 8.24. The molecule has 2 aromatic rings. The Labute approximate surface area is 93.9 Å². The second-order valence-electron chi connectivity index (χ2n) is 3.93. The number of furan rings is 1. The summed E-state index contributed by atoms with van der Waals surface area (Å²) in [7, 11) is 0. The molecule has 2 N–H and O–H groups in total. The summed E-state index contributed by atoms with van der Waals surface area (Å²) in [6.45, 7) is 3.59. The average Bonchev–Trinajstić information content (AvgIpc) is 2.68. The van der Waals surface area contributed by atoms with Crippen LogP contribution in [-0.4, -0.2) is 0 Å². The van der Waals surface area contributed by atoms with Crippen LogP contribution in [0.3, 0.4) is 0 Å². The van der Waals surface area contributed by atoms with E-state index in [1.165, 1.54) is 6.07 Å². The SMILES string of the molecule is Cc1ccc(C(N)c2ccc(F)c(C)c2)o1. The second-order valence-corrected chi connectivity index (χ2v) is 3.93. The van der Waals surface area contributed by atoms with E-state index in [0.29, 0.717) is 11.3 Å². The summed E-state index contributed by atoms with van der Waals surface area (Å²) in [5.74, 6) is 1.30. The molecular formula is C13H14FNO. The molecule has 84 valence electrons. The van der Waals surface area contributed by atoms with E-state index in [0.717, 1.165) is 11.3 Å². The first-order valence-electron chi connectivity index (χ1n) is 5.16. The van der Waals surface area contributed by atoms with Crippen molar-refractivity contribution in [2.45, 2.75) is 19.9 Å². The smallest absolute Gasteiger partial charge is 0.126 e. The van der Waals surface area contributed by atoms with E-state index >= 15 is 0 Å². The van der Waals surface area contributed by atoms with E-state index in [1.807, 2.05) is 19.1 Å². The van der Waals surface area contributed by atoms with Crippen LogP contribution in [0.1, 0.15) is 28.7 Å². The minimum absolute atomic E-state index is 0.216. The summed E-state index contributed by atoms with van der Waals surface area (Å²) in [5.41, 5.74) is 7.48. The van der Waals surface area contributed by atoms with E-state index in [-0.39, 0.29) is 11.9 Å². The molecule has 1 heterocycles. The molecule has 0 saturated heterocycles. The molecule has 1 unspecified atom stereocenters. The van der Waals surface area contributed by atoms with Crippen LogP contribution < -0.4 is 5.73 Å². The molecule has 0 fully saturated rings. The maximum absolute atomic E-state index is 13.1. The molecule has 0 aliphatic rings. The normalized spacial score (nSPS) is 12.8.